The summed E-state index contributed by atoms with van der Waals surface area (Å²) in [7, 11) is 0. The SMILES string of the molecule is CCN1OCC(C)C(NC(C)=O)NC1(C)C. The van der Waals surface area contributed by atoms with Crippen LogP contribution in [0.3, 0.4) is 0 Å². The molecule has 1 heterocycles. The number of rotatable bonds is 2. The van der Waals surface area contributed by atoms with Gasteiger partial charge in [-0.05, 0) is 13.8 Å². The highest BCUT2D eigenvalue weighted by Gasteiger charge is 2.35. The van der Waals surface area contributed by atoms with E-state index in [-0.39, 0.29) is 23.7 Å². The van der Waals surface area contributed by atoms with Gasteiger partial charge in [-0.15, -0.1) is 0 Å². The zero-order valence-corrected chi connectivity index (χ0v) is 10.8. The van der Waals surface area contributed by atoms with E-state index in [1.54, 1.807) is 0 Å². The van der Waals surface area contributed by atoms with Gasteiger partial charge in [-0.1, -0.05) is 13.8 Å². The molecule has 1 fully saturated rings. The number of carbonyl (C=O) groups is 1. The number of nitrogens with one attached hydrogen (secondary N) is 2. The highest BCUT2D eigenvalue weighted by molar-refractivity contribution is 5.73. The van der Waals surface area contributed by atoms with Crippen molar-refractivity contribution in [3.8, 4) is 0 Å². The predicted molar refractivity (Wildman–Crippen MR) is 62.3 cm³/mol. The molecule has 0 aromatic heterocycles. The van der Waals surface area contributed by atoms with E-state index < -0.39 is 0 Å². The molecule has 0 aromatic rings. The molecule has 1 aliphatic heterocycles. The summed E-state index contributed by atoms with van der Waals surface area (Å²) in [5.74, 6) is 0.213. The molecule has 5 nitrogen and oxygen atoms in total. The Kier molecular flexibility index (Phi) is 4.29. The molecular formula is C11H23N3O2. The lowest BCUT2D eigenvalue weighted by Crippen LogP contribution is -2.60. The van der Waals surface area contributed by atoms with Crippen molar-refractivity contribution in [1.29, 1.82) is 0 Å². The molecule has 0 saturated carbocycles. The van der Waals surface area contributed by atoms with Gasteiger partial charge in [-0.2, -0.15) is 5.06 Å². The monoisotopic (exact) mass is 229 g/mol. The van der Waals surface area contributed by atoms with Crippen molar-refractivity contribution in [3.05, 3.63) is 0 Å². The Labute approximate surface area is 97.5 Å². The van der Waals surface area contributed by atoms with E-state index in [9.17, 15) is 4.79 Å². The molecule has 1 saturated heterocycles. The van der Waals surface area contributed by atoms with Crippen LogP contribution >= 0.6 is 0 Å². The summed E-state index contributed by atoms with van der Waals surface area (Å²) in [6.07, 6.45) is -0.0518. The Morgan fingerprint density at radius 1 is 1.62 bits per heavy atom. The van der Waals surface area contributed by atoms with Crippen LogP contribution in [-0.2, 0) is 9.63 Å². The molecule has 0 spiro atoms. The highest BCUT2D eigenvalue weighted by Crippen LogP contribution is 2.19. The number of amides is 1. The van der Waals surface area contributed by atoms with Crippen molar-refractivity contribution in [2.75, 3.05) is 13.2 Å². The average molecular weight is 229 g/mol. The minimum Gasteiger partial charge on any atom is -0.341 e. The minimum atomic E-state index is -0.285. The molecule has 0 aromatic carbocycles. The standard InChI is InChI=1S/C11H23N3O2/c1-6-14-11(4,5)13-10(12-9(3)15)8(2)7-16-14/h8,10,13H,6-7H2,1-5H3,(H,12,15). The van der Waals surface area contributed by atoms with Gasteiger partial charge in [0.1, 0.15) is 0 Å². The van der Waals surface area contributed by atoms with Crippen molar-refractivity contribution in [2.45, 2.75) is 46.4 Å². The fraction of sp³-hybridized carbons (Fsp3) is 0.909. The largest absolute Gasteiger partial charge is 0.341 e. The second-order valence-electron chi connectivity index (χ2n) is 4.85. The topological polar surface area (TPSA) is 53.6 Å². The lowest BCUT2D eigenvalue weighted by Gasteiger charge is -2.37. The summed E-state index contributed by atoms with van der Waals surface area (Å²) >= 11 is 0. The Morgan fingerprint density at radius 2 is 2.25 bits per heavy atom. The van der Waals surface area contributed by atoms with Gasteiger partial charge in [-0.25, -0.2) is 0 Å². The molecule has 16 heavy (non-hydrogen) atoms. The lowest BCUT2D eigenvalue weighted by molar-refractivity contribution is -0.213. The third kappa shape index (κ3) is 3.17. The number of nitrogens with zero attached hydrogens (tertiary/aromatic N) is 1. The molecule has 2 N–H and O–H groups in total. The summed E-state index contributed by atoms with van der Waals surface area (Å²) in [4.78, 5) is 16.8. The summed E-state index contributed by atoms with van der Waals surface area (Å²) in [6, 6.07) is 0. The van der Waals surface area contributed by atoms with Gasteiger partial charge in [0.05, 0.1) is 18.4 Å². The van der Waals surface area contributed by atoms with Gasteiger partial charge in [0, 0.05) is 19.4 Å². The number of hydroxylamine groups is 2. The van der Waals surface area contributed by atoms with Gasteiger partial charge in [0.2, 0.25) is 5.91 Å². The maximum absolute atomic E-state index is 11.1. The van der Waals surface area contributed by atoms with E-state index >= 15 is 0 Å². The highest BCUT2D eigenvalue weighted by atomic mass is 16.7. The van der Waals surface area contributed by atoms with E-state index in [4.69, 9.17) is 4.84 Å². The summed E-state index contributed by atoms with van der Waals surface area (Å²) < 4.78 is 0. The first-order valence-electron chi connectivity index (χ1n) is 5.82. The van der Waals surface area contributed by atoms with Crippen molar-refractivity contribution in [3.63, 3.8) is 0 Å². The van der Waals surface area contributed by atoms with Crippen LogP contribution in [0.25, 0.3) is 0 Å². The maximum atomic E-state index is 11.1. The van der Waals surface area contributed by atoms with Crippen LogP contribution in [0.1, 0.15) is 34.6 Å². The molecule has 1 aliphatic rings. The van der Waals surface area contributed by atoms with Gasteiger partial charge in [0.15, 0.2) is 0 Å². The first-order chi connectivity index (χ1) is 7.36. The van der Waals surface area contributed by atoms with Crippen molar-refractivity contribution in [1.82, 2.24) is 15.7 Å². The molecule has 0 aliphatic carbocycles. The Bertz CT molecular complexity index is 256. The third-order valence-corrected chi connectivity index (χ3v) is 2.84. The van der Waals surface area contributed by atoms with E-state index in [0.717, 1.165) is 6.54 Å². The van der Waals surface area contributed by atoms with Crippen LogP contribution in [0.5, 0.6) is 0 Å². The normalized spacial score (nSPS) is 30.8. The minimum absolute atomic E-state index is 0.0231. The number of hydrogen-bond acceptors (Lipinski definition) is 4. The second-order valence-corrected chi connectivity index (χ2v) is 4.85. The smallest absolute Gasteiger partial charge is 0.218 e. The molecule has 0 bridgehead atoms. The molecular weight excluding hydrogens is 206 g/mol. The number of carbonyl (C=O) groups excluding carboxylic acids is 1. The van der Waals surface area contributed by atoms with Crippen LogP contribution in [-0.4, -0.2) is 36.0 Å². The van der Waals surface area contributed by atoms with Crippen LogP contribution in [0.15, 0.2) is 0 Å². The Morgan fingerprint density at radius 3 is 2.75 bits per heavy atom. The first kappa shape index (κ1) is 13.4. The predicted octanol–water partition coefficient (Wildman–Crippen LogP) is 0.677. The van der Waals surface area contributed by atoms with E-state index in [2.05, 4.69) is 17.6 Å². The molecule has 5 heteroatoms. The fourth-order valence-electron chi connectivity index (χ4n) is 1.94. The molecule has 1 amide bonds. The molecule has 94 valence electrons. The van der Waals surface area contributed by atoms with E-state index in [1.807, 2.05) is 25.8 Å². The van der Waals surface area contributed by atoms with Crippen LogP contribution in [0.4, 0.5) is 0 Å². The quantitative estimate of drug-likeness (QED) is 0.731. The molecule has 1 rings (SSSR count). The van der Waals surface area contributed by atoms with E-state index in [1.165, 1.54) is 6.92 Å². The second kappa shape index (κ2) is 5.12. The van der Waals surface area contributed by atoms with Crippen LogP contribution in [0.2, 0.25) is 0 Å². The molecule has 2 atom stereocenters. The van der Waals surface area contributed by atoms with Crippen molar-refractivity contribution in [2.24, 2.45) is 5.92 Å². The first-order valence-corrected chi connectivity index (χ1v) is 5.82. The summed E-state index contributed by atoms with van der Waals surface area (Å²) in [6.45, 7) is 11.1. The van der Waals surface area contributed by atoms with E-state index in [0.29, 0.717) is 6.61 Å². The zero-order chi connectivity index (χ0) is 12.3. The van der Waals surface area contributed by atoms with Gasteiger partial charge >= 0.3 is 0 Å². The molecule has 0 radical (unpaired) electrons. The summed E-state index contributed by atoms with van der Waals surface area (Å²) in [5, 5.41) is 8.23. The van der Waals surface area contributed by atoms with Crippen LogP contribution in [0, 0.1) is 5.92 Å². The van der Waals surface area contributed by atoms with Crippen LogP contribution < -0.4 is 10.6 Å². The van der Waals surface area contributed by atoms with Gasteiger partial charge in [-0.3, -0.25) is 14.9 Å². The third-order valence-electron chi connectivity index (χ3n) is 2.84. The lowest BCUT2D eigenvalue weighted by atomic mass is 10.1. The van der Waals surface area contributed by atoms with Gasteiger partial charge in [0.25, 0.3) is 0 Å². The van der Waals surface area contributed by atoms with Crippen molar-refractivity contribution >= 4 is 5.91 Å². The maximum Gasteiger partial charge on any atom is 0.218 e. The molecule has 2 unspecified atom stereocenters. The average Bonchev–Trinajstić information content (AvgIpc) is 2.24. The zero-order valence-electron chi connectivity index (χ0n) is 10.8. The Balaban J connectivity index is 2.76. The Hall–Kier alpha value is -0.650. The van der Waals surface area contributed by atoms with Gasteiger partial charge < -0.3 is 5.32 Å². The fourth-order valence-corrected chi connectivity index (χ4v) is 1.94. The number of hydrogen-bond donors (Lipinski definition) is 2. The summed E-state index contributed by atoms with van der Waals surface area (Å²) in [5.41, 5.74) is -0.285. The van der Waals surface area contributed by atoms with Crippen molar-refractivity contribution < 1.29 is 9.63 Å².